The van der Waals surface area contributed by atoms with E-state index in [4.69, 9.17) is 33.4 Å². The van der Waals surface area contributed by atoms with E-state index < -0.39 is 18.1 Å². The van der Waals surface area contributed by atoms with Crippen LogP contribution in [0.1, 0.15) is 0 Å². The predicted octanol–water partition coefficient (Wildman–Crippen LogP) is -1.94. The molecule has 0 spiro atoms. The molecule has 0 rings (SSSR count). The van der Waals surface area contributed by atoms with Crippen LogP contribution in [0.4, 0.5) is 0 Å². The predicted molar refractivity (Wildman–Crippen MR) is 45.3 cm³/mol. The number of rotatable bonds is 0. The van der Waals surface area contributed by atoms with E-state index in [-0.39, 0.29) is 5.96 Å². The normalized spacial score (nSPS) is 8.31. The van der Waals surface area contributed by atoms with Crippen LogP contribution in [0.5, 0.6) is 0 Å². The highest BCUT2D eigenvalue weighted by atomic mass is 16.7. The summed E-state index contributed by atoms with van der Waals surface area (Å²) in [6.45, 7) is 0. The van der Waals surface area contributed by atoms with Gasteiger partial charge in [0.1, 0.15) is 0 Å². The van der Waals surface area contributed by atoms with Gasteiger partial charge in [0.15, 0.2) is 5.96 Å². The van der Waals surface area contributed by atoms with E-state index in [0.717, 1.165) is 0 Å². The van der Waals surface area contributed by atoms with Gasteiger partial charge in [-0.05, 0) is 0 Å². The van der Waals surface area contributed by atoms with Crippen LogP contribution < -0.4 is 17.2 Å². The third-order valence-corrected chi connectivity index (χ3v) is 0.623. The molecule has 0 aliphatic carbocycles. The van der Waals surface area contributed by atoms with Crippen molar-refractivity contribution < 1.29 is 9.47 Å². The summed E-state index contributed by atoms with van der Waals surface area (Å²) in [6, 6.07) is -1.46. The molecular formula is C4H9N7O2. The summed E-state index contributed by atoms with van der Waals surface area (Å²) < 4.78 is 8.38. The second kappa shape index (κ2) is 4.54. The Hall–Kier alpha value is -2.32. The quantitative estimate of drug-likeness (QED) is 0.190. The minimum absolute atomic E-state index is 0.388. The number of nitrogens with two attached hydrogens (primary N) is 3. The van der Waals surface area contributed by atoms with Crippen LogP contribution in [-0.4, -0.2) is 24.1 Å². The highest BCUT2D eigenvalue weighted by molar-refractivity contribution is 5.94. The summed E-state index contributed by atoms with van der Waals surface area (Å²) in [5.41, 5.74) is 14.6. The molecule has 13 heavy (non-hydrogen) atoms. The Balaban J connectivity index is 4.00. The van der Waals surface area contributed by atoms with Gasteiger partial charge in [0, 0.05) is 0 Å². The van der Waals surface area contributed by atoms with Gasteiger partial charge in [-0.2, -0.15) is 4.99 Å². The molecule has 0 aromatic carbocycles. The van der Waals surface area contributed by atoms with Crippen LogP contribution in [0.3, 0.4) is 0 Å². The average molecular weight is 187 g/mol. The summed E-state index contributed by atoms with van der Waals surface area (Å²) in [6.07, 6.45) is -0.859. The van der Waals surface area contributed by atoms with Crippen molar-refractivity contribution in [3.8, 4) is 0 Å². The van der Waals surface area contributed by atoms with Crippen molar-refractivity contribution in [2.75, 3.05) is 0 Å². The van der Waals surface area contributed by atoms with Crippen LogP contribution in [0, 0.1) is 16.2 Å². The zero-order chi connectivity index (χ0) is 10.4. The van der Waals surface area contributed by atoms with E-state index in [9.17, 15) is 0 Å². The molecule has 0 radical (unpaired) electrons. The third kappa shape index (κ3) is 6.09. The molecule has 0 heterocycles. The highest BCUT2D eigenvalue weighted by Crippen LogP contribution is 1.85. The maximum Gasteiger partial charge on any atom is 0.396 e. The molecule has 9 N–H and O–H groups in total. The van der Waals surface area contributed by atoms with Crippen molar-refractivity contribution in [1.82, 2.24) is 0 Å². The minimum Gasteiger partial charge on any atom is -0.378 e. The monoisotopic (exact) mass is 187 g/mol. The summed E-state index contributed by atoms with van der Waals surface area (Å²) in [5, 5.41) is 20.3. The molecule has 9 nitrogen and oxygen atoms in total. The molecule has 0 atom stereocenters. The van der Waals surface area contributed by atoms with Gasteiger partial charge in [-0.1, -0.05) is 0 Å². The minimum atomic E-state index is -0.859. The Kier molecular flexibility index (Phi) is 3.73. The Morgan fingerprint density at radius 2 is 1.54 bits per heavy atom. The molecule has 0 fully saturated rings. The molecule has 0 aliphatic heterocycles. The van der Waals surface area contributed by atoms with Gasteiger partial charge in [0.25, 0.3) is 6.02 Å². The molecule has 0 aromatic heterocycles. The SMILES string of the molecule is N=C(N)OC(=N)OC(=N)N=C(N)N. The summed E-state index contributed by atoms with van der Waals surface area (Å²) in [7, 11) is 0. The number of guanidine groups is 1. The van der Waals surface area contributed by atoms with E-state index in [1.54, 1.807) is 0 Å². The molecule has 0 saturated heterocycles. The first kappa shape index (κ1) is 10.7. The first-order valence-corrected chi connectivity index (χ1v) is 2.88. The van der Waals surface area contributed by atoms with Crippen molar-refractivity contribution in [3.63, 3.8) is 0 Å². The van der Waals surface area contributed by atoms with E-state index in [0.29, 0.717) is 0 Å². The molecule has 0 amide bonds. The van der Waals surface area contributed by atoms with E-state index in [1.165, 1.54) is 0 Å². The Morgan fingerprint density at radius 1 is 1.00 bits per heavy atom. The fourth-order valence-electron chi connectivity index (χ4n) is 0.349. The molecule has 0 bridgehead atoms. The van der Waals surface area contributed by atoms with Gasteiger partial charge in [-0.25, -0.2) is 10.8 Å². The van der Waals surface area contributed by atoms with Gasteiger partial charge in [-0.3, -0.25) is 5.41 Å². The Morgan fingerprint density at radius 3 is 1.92 bits per heavy atom. The van der Waals surface area contributed by atoms with Gasteiger partial charge in [0.2, 0.25) is 0 Å². The van der Waals surface area contributed by atoms with Crippen LogP contribution in [-0.2, 0) is 9.47 Å². The molecular weight excluding hydrogens is 178 g/mol. The van der Waals surface area contributed by atoms with Crippen molar-refractivity contribution in [2.24, 2.45) is 22.2 Å². The number of nitrogens with one attached hydrogen (secondary N) is 3. The number of ether oxygens (including phenoxy) is 2. The fraction of sp³-hybridized carbons (Fsp3) is 0. The van der Waals surface area contributed by atoms with Gasteiger partial charge in [0.05, 0.1) is 0 Å². The van der Waals surface area contributed by atoms with E-state index in [1.807, 2.05) is 0 Å². The summed E-state index contributed by atoms with van der Waals surface area (Å²) in [5.74, 6) is -0.388. The lowest BCUT2D eigenvalue weighted by atomic mass is 11.0. The third-order valence-electron chi connectivity index (χ3n) is 0.623. The molecule has 0 unspecified atom stereocenters. The number of aliphatic imine (C=N–C) groups is 1. The first-order chi connectivity index (χ1) is 5.91. The molecule has 0 saturated carbocycles. The van der Waals surface area contributed by atoms with E-state index >= 15 is 0 Å². The average Bonchev–Trinajstić information content (AvgIpc) is 1.80. The van der Waals surface area contributed by atoms with E-state index in [2.05, 4.69) is 14.5 Å². The van der Waals surface area contributed by atoms with Crippen molar-refractivity contribution in [1.29, 1.82) is 16.2 Å². The molecule has 0 aliphatic rings. The van der Waals surface area contributed by atoms with Crippen LogP contribution in [0.15, 0.2) is 4.99 Å². The smallest absolute Gasteiger partial charge is 0.378 e. The zero-order valence-electron chi connectivity index (χ0n) is 6.50. The van der Waals surface area contributed by atoms with Gasteiger partial charge >= 0.3 is 12.1 Å². The first-order valence-electron chi connectivity index (χ1n) is 2.88. The summed E-state index contributed by atoms with van der Waals surface area (Å²) >= 11 is 0. The van der Waals surface area contributed by atoms with Crippen LogP contribution >= 0.6 is 0 Å². The van der Waals surface area contributed by atoms with Crippen LogP contribution in [0.25, 0.3) is 0 Å². The van der Waals surface area contributed by atoms with Crippen molar-refractivity contribution in [2.45, 2.75) is 0 Å². The lowest BCUT2D eigenvalue weighted by Gasteiger charge is -2.03. The standard InChI is InChI=1S/C4H9N7O2/c5-1(6)11-3(9)13-4(10)12-2(7)8/h10H,(H3,7,8)(H5,5,6,9,11). The molecule has 0 aromatic rings. The van der Waals surface area contributed by atoms with Crippen molar-refractivity contribution in [3.05, 3.63) is 0 Å². The fourth-order valence-corrected chi connectivity index (χ4v) is 0.349. The topological polar surface area (TPSA) is 180 Å². The second-order valence-corrected chi connectivity index (χ2v) is 1.70. The lowest BCUT2D eigenvalue weighted by molar-refractivity contribution is 0.356. The number of amidine groups is 2. The Bertz CT molecular complexity index is 266. The molecule has 72 valence electrons. The highest BCUT2D eigenvalue weighted by Gasteiger charge is 2.04. The largest absolute Gasteiger partial charge is 0.396 e. The number of hydrogen-bond acceptors (Lipinski definition) is 5. The van der Waals surface area contributed by atoms with Gasteiger partial charge < -0.3 is 26.7 Å². The Labute approximate surface area is 73.0 Å². The van der Waals surface area contributed by atoms with Gasteiger partial charge in [-0.15, -0.1) is 0 Å². The summed E-state index contributed by atoms with van der Waals surface area (Å²) in [4.78, 5) is 3.13. The zero-order valence-corrected chi connectivity index (χ0v) is 6.50. The maximum atomic E-state index is 6.89. The molecule has 9 heteroatoms. The van der Waals surface area contributed by atoms with Crippen molar-refractivity contribution >= 4 is 24.1 Å². The van der Waals surface area contributed by atoms with Crippen LogP contribution in [0.2, 0.25) is 0 Å². The maximum absolute atomic E-state index is 6.89. The number of hydrogen-bond donors (Lipinski definition) is 6. The second-order valence-electron chi connectivity index (χ2n) is 1.70. The lowest BCUT2D eigenvalue weighted by Crippen LogP contribution is -2.26. The number of nitrogens with zero attached hydrogens (tertiary/aromatic N) is 1.